The summed E-state index contributed by atoms with van der Waals surface area (Å²) in [4.78, 5) is 31.0. The quantitative estimate of drug-likeness (QED) is 0.752. The van der Waals surface area contributed by atoms with Gasteiger partial charge < -0.3 is 15.2 Å². The van der Waals surface area contributed by atoms with Crippen LogP contribution in [0.1, 0.15) is 48.7 Å². The minimum atomic E-state index is -0.741. The van der Waals surface area contributed by atoms with Gasteiger partial charge in [0.05, 0.1) is 25.1 Å². The second-order valence-corrected chi connectivity index (χ2v) is 5.33. The van der Waals surface area contributed by atoms with Crippen molar-refractivity contribution in [1.29, 1.82) is 5.26 Å². The summed E-state index contributed by atoms with van der Waals surface area (Å²) in [7, 11) is 0. The molecule has 124 valence electrons. The molecule has 1 atom stereocenters. The van der Waals surface area contributed by atoms with Crippen molar-refractivity contribution >= 4 is 11.8 Å². The van der Waals surface area contributed by atoms with E-state index in [1.807, 2.05) is 17.9 Å². The van der Waals surface area contributed by atoms with Crippen molar-refractivity contribution in [3.8, 4) is 6.07 Å². The third kappa shape index (κ3) is 4.04. The molecule has 0 aromatic carbocycles. The maximum atomic E-state index is 12.4. The predicted molar refractivity (Wildman–Crippen MR) is 78.8 cm³/mol. The summed E-state index contributed by atoms with van der Waals surface area (Å²) < 4.78 is 5.10. The molecule has 0 radical (unpaired) electrons. The summed E-state index contributed by atoms with van der Waals surface area (Å²) in [6.07, 6.45) is 1.99. The highest BCUT2D eigenvalue weighted by atomic mass is 16.5. The Morgan fingerprint density at radius 1 is 1.57 bits per heavy atom. The highest BCUT2D eigenvalue weighted by Crippen LogP contribution is 2.30. The third-order valence-electron chi connectivity index (χ3n) is 3.88. The van der Waals surface area contributed by atoms with Crippen LogP contribution in [0, 0.1) is 11.3 Å². The minimum Gasteiger partial charge on any atom is -0.363 e. The number of nitriles is 1. The molecule has 2 N–H and O–H groups in total. The second-order valence-electron chi connectivity index (χ2n) is 5.33. The molecule has 1 saturated heterocycles. The number of hydrogen-bond acceptors (Lipinski definition) is 7. The largest absolute Gasteiger partial charge is 0.363 e. The number of hydrogen-bond donors (Lipinski definition) is 1. The van der Waals surface area contributed by atoms with Crippen molar-refractivity contribution in [2.24, 2.45) is 5.73 Å². The van der Waals surface area contributed by atoms with Crippen LogP contribution in [-0.2, 0) is 4.79 Å². The van der Waals surface area contributed by atoms with Crippen LogP contribution in [0.25, 0.3) is 0 Å². The molecule has 2 heterocycles. The highest BCUT2D eigenvalue weighted by Gasteiger charge is 2.33. The van der Waals surface area contributed by atoms with Crippen molar-refractivity contribution in [2.75, 3.05) is 26.2 Å². The fourth-order valence-corrected chi connectivity index (χ4v) is 2.68. The Bertz CT molecular complexity index is 608. The van der Waals surface area contributed by atoms with E-state index in [0.29, 0.717) is 25.4 Å². The van der Waals surface area contributed by atoms with E-state index in [4.69, 9.17) is 15.5 Å². The molecular formula is C14H20N6O3. The summed E-state index contributed by atoms with van der Waals surface area (Å²) in [6, 6.07) is 1.86. The molecular weight excluding hydrogens is 300 g/mol. The molecule has 0 bridgehead atoms. The molecule has 2 rings (SSSR count). The van der Waals surface area contributed by atoms with Crippen molar-refractivity contribution < 1.29 is 14.1 Å². The molecule has 0 spiro atoms. The van der Waals surface area contributed by atoms with Gasteiger partial charge in [-0.05, 0) is 26.3 Å². The Hall–Kier alpha value is -2.47. The Balaban J connectivity index is 2.02. The molecule has 0 aliphatic carbocycles. The first-order valence-electron chi connectivity index (χ1n) is 7.59. The molecule has 1 aromatic heterocycles. The fraction of sp³-hybridized carbons (Fsp3) is 0.643. The first-order chi connectivity index (χ1) is 11.1. The van der Waals surface area contributed by atoms with Gasteiger partial charge in [-0.25, -0.2) is 0 Å². The van der Waals surface area contributed by atoms with Crippen LogP contribution < -0.4 is 5.73 Å². The Kier molecular flexibility index (Phi) is 5.65. The Morgan fingerprint density at radius 3 is 2.96 bits per heavy atom. The van der Waals surface area contributed by atoms with E-state index in [1.54, 1.807) is 4.90 Å². The molecule has 1 aromatic rings. The highest BCUT2D eigenvalue weighted by molar-refractivity contribution is 5.88. The van der Waals surface area contributed by atoms with Crippen LogP contribution >= 0.6 is 0 Å². The number of rotatable bonds is 7. The van der Waals surface area contributed by atoms with Gasteiger partial charge in [-0.3, -0.25) is 14.5 Å². The van der Waals surface area contributed by atoms with Crippen LogP contribution in [0.3, 0.4) is 0 Å². The lowest BCUT2D eigenvalue weighted by Gasteiger charge is -2.25. The number of amides is 2. The average Bonchev–Trinajstić information content (AvgIpc) is 3.16. The van der Waals surface area contributed by atoms with E-state index in [-0.39, 0.29) is 24.3 Å². The molecule has 2 amide bonds. The number of nitrogens with zero attached hydrogens (tertiary/aromatic N) is 5. The molecule has 1 aliphatic rings. The van der Waals surface area contributed by atoms with Gasteiger partial charge in [0.15, 0.2) is 0 Å². The molecule has 23 heavy (non-hydrogen) atoms. The van der Waals surface area contributed by atoms with E-state index in [2.05, 4.69) is 10.1 Å². The molecule has 1 aliphatic heterocycles. The summed E-state index contributed by atoms with van der Waals surface area (Å²) in [6.45, 7) is 3.83. The SMILES string of the molecule is CCN(CCC#N)C(=O)CN1CCCC1c1nc(C(N)=O)no1. The van der Waals surface area contributed by atoms with Crippen molar-refractivity contribution in [3.63, 3.8) is 0 Å². The number of likely N-dealkylation sites (tertiary alicyclic amines) is 1. The van der Waals surface area contributed by atoms with Crippen LogP contribution in [0.5, 0.6) is 0 Å². The van der Waals surface area contributed by atoms with Gasteiger partial charge in [-0.2, -0.15) is 10.2 Å². The first kappa shape index (κ1) is 16.9. The molecule has 9 heteroatoms. The zero-order valence-corrected chi connectivity index (χ0v) is 13.1. The Labute approximate surface area is 134 Å². The van der Waals surface area contributed by atoms with Gasteiger partial charge in [-0.1, -0.05) is 5.16 Å². The fourth-order valence-electron chi connectivity index (χ4n) is 2.68. The Morgan fingerprint density at radius 2 is 2.35 bits per heavy atom. The maximum absolute atomic E-state index is 12.4. The van der Waals surface area contributed by atoms with Crippen molar-refractivity contribution in [2.45, 2.75) is 32.2 Å². The number of carbonyl (C=O) groups excluding carboxylic acids is 2. The summed E-state index contributed by atoms with van der Waals surface area (Å²) in [5, 5.41) is 12.2. The second kappa shape index (κ2) is 7.69. The number of nitrogens with two attached hydrogens (primary N) is 1. The average molecular weight is 320 g/mol. The van der Waals surface area contributed by atoms with Crippen LogP contribution in [0.4, 0.5) is 0 Å². The van der Waals surface area contributed by atoms with Crippen molar-refractivity contribution in [3.05, 3.63) is 11.7 Å². The predicted octanol–water partition coefficient (Wildman–Crippen LogP) is 0.0676. The molecule has 9 nitrogen and oxygen atoms in total. The monoisotopic (exact) mass is 320 g/mol. The van der Waals surface area contributed by atoms with Crippen LogP contribution in [0.15, 0.2) is 4.52 Å². The van der Waals surface area contributed by atoms with E-state index in [0.717, 1.165) is 19.4 Å². The van der Waals surface area contributed by atoms with E-state index in [1.165, 1.54) is 0 Å². The standard InChI is InChI=1S/C14H20N6O3/c1-2-19(8-4-6-15)11(21)9-20-7-3-5-10(20)14-17-13(12(16)22)18-23-14/h10H,2-5,7-9H2,1H3,(H2,16,22). The molecule has 0 saturated carbocycles. The third-order valence-corrected chi connectivity index (χ3v) is 3.88. The van der Waals surface area contributed by atoms with E-state index >= 15 is 0 Å². The zero-order chi connectivity index (χ0) is 16.8. The number of carbonyl (C=O) groups is 2. The van der Waals surface area contributed by atoms with Gasteiger partial charge >= 0.3 is 0 Å². The maximum Gasteiger partial charge on any atom is 0.290 e. The molecule has 1 fully saturated rings. The topological polar surface area (TPSA) is 129 Å². The van der Waals surface area contributed by atoms with E-state index in [9.17, 15) is 9.59 Å². The van der Waals surface area contributed by atoms with Gasteiger partial charge in [-0.15, -0.1) is 0 Å². The number of aromatic nitrogens is 2. The smallest absolute Gasteiger partial charge is 0.290 e. The lowest BCUT2D eigenvalue weighted by molar-refractivity contribution is -0.132. The number of likely N-dealkylation sites (N-methyl/N-ethyl adjacent to an activating group) is 1. The van der Waals surface area contributed by atoms with Gasteiger partial charge in [0.25, 0.3) is 11.7 Å². The van der Waals surface area contributed by atoms with Gasteiger partial charge in [0.2, 0.25) is 11.8 Å². The van der Waals surface area contributed by atoms with Gasteiger partial charge in [0.1, 0.15) is 0 Å². The van der Waals surface area contributed by atoms with Crippen LogP contribution in [0.2, 0.25) is 0 Å². The lowest BCUT2D eigenvalue weighted by Crippen LogP contribution is -2.40. The van der Waals surface area contributed by atoms with Gasteiger partial charge in [0, 0.05) is 13.1 Å². The first-order valence-corrected chi connectivity index (χ1v) is 7.59. The molecule has 1 unspecified atom stereocenters. The summed E-state index contributed by atoms with van der Waals surface area (Å²) in [5.41, 5.74) is 5.12. The summed E-state index contributed by atoms with van der Waals surface area (Å²) >= 11 is 0. The number of primary amides is 1. The normalized spacial score (nSPS) is 17.8. The van der Waals surface area contributed by atoms with Crippen molar-refractivity contribution in [1.82, 2.24) is 19.9 Å². The van der Waals surface area contributed by atoms with E-state index < -0.39 is 5.91 Å². The lowest BCUT2D eigenvalue weighted by atomic mass is 10.2. The van der Waals surface area contributed by atoms with Crippen LogP contribution in [-0.4, -0.2) is 57.9 Å². The zero-order valence-electron chi connectivity index (χ0n) is 13.1. The minimum absolute atomic E-state index is 0.0377. The summed E-state index contributed by atoms with van der Waals surface area (Å²) in [5.74, 6) is -0.620.